The van der Waals surface area contributed by atoms with Gasteiger partial charge < -0.3 is 15.3 Å². The Morgan fingerprint density at radius 3 is 2.52 bits per heavy atom. The van der Waals surface area contributed by atoms with Gasteiger partial charge in [0.05, 0.1) is 0 Å². The van der Waals surface area contributed by atoms with Crippen molar-refractivity contribution in [2.75, 3.05) is 6.54 Å². The second kappa shape index (κ2) is 6.34. The Balaban J connectivity index is 1.65. The van der Waals surface area contributed by atoms with Gasteiger partial charge in [0.15, 0.2) is 0 Å². The number of carboxylic acids is 1. The molecule has 3 atom stereocenters. The highest BCUT2D eigenvalue weighted by Gasteiger charge is 2.43. The summed E-state index contributed by atoms with van der Waals surface area (Å²) in [5.41, 5.74) is 0. The highest BCUT2D eigenvalue weighted by atomic mass is 16.4. The molecule has 1 amide bonds. The third kappa shape index (κ3) is 3.39. The molecule has 3 fully saturated rings. The maximum atomic E-state index is 12.6. The smallest absolute Gasteiger partial charge is 0.326 e. The van der Waals surface area contributed by atoms with E-state index in [0.717, 1.165) is 25.7 Å². The van der Waals surface area contributed by atoms with E-state index in [2.05, 4.69) is 5.32 Å². The molecule has 1 heterocycles. The van der Waals surface area contributed by atoms with Crippen molar-refractivity contribution in [3.05, 3.63) is 0 Å². The number of amides is 1. The lowest BCUT2D eigenvalue weighted by Gasteiger charge is -2.47. The van der Waals surface area contributed by atoms with Crippen molar-refractivity contribution in [3.8, 4) is 0 Å². The van der Waals surface area contributed by atoms with Gasteiger partial charge in [-0.15, -0.1) is 0 Å². The molecule has 0 radical (unpaired) electrons. The summed E-state index contributed by atoms with van der Waals surface area (Å²) in [5, 5.41) is 12.8. The standard InChI is InChI=1S/C16H26N2O3/c19-15(9-10-17-12-6-7-12)18-13-4-2-1-3-11(13)5-8-14(18)16(20)21/h11-14,17H,1-10H2,(H,20,21). The molecule has 1 aliphatic heterocycles. The first-order chi connectivity index (χ1) is 10.2. The van der Waals surface area contributed by atoms with Crippen LogP contribution in [0.15, 0.2) is 0 Å². The molecule has 118 valence electrons. The number of piperidine rings is 1. The first-order valence-corrected chi connectivity index (χ1v) is 8.44. The van der Waals surface area contributed by atoms with Crippen molar-refractivity contribution in [3.63, 3.8) is 0 Å². The van der Waals surface area contributed by atoms with E-state index in [1.54, 1.807) is 4.90 Å². The van der Waals surface area contributed by atoms with Crippen LogP contribution >= 0.6 is 0 Å². The van der Waals surface area contributed by atoms with Gasteiger partial charge in [-0.05, 0) is 44.4 Å². The molecule has 3 rings (SSSR count). The van der Waals surface area contributed by atoms with Crippen LogP contribution in [0.25, 0.3) is 0 Å². The molecular weight excluding hydrogens is 268 g/mol. The minimum Gasteiger partial charge on any atom is -0.480 e. The van der Waals surface area contributed by atoms with Gasteiger partial charge in [-0.3, -0.25) is 4.79 Å². The second-order valence-electron chi connectivity index (χ2n) is 6.82. The van der Waals surface area contributed by atoms with Crippen LogP contribution in [0.2, 0.25) is 0 Å². The monoisotopic (exact) mass is 294 g/mol. The Kier molecular flexibility index (Phi) is 4.48. The molecule has 2 aliphatic carbocycles. The fourth-order valence-corrected chi connectivity index (χ4v) is 4.03. The highest BCUT2D eigenvalue weighted by Crippen LogP contribution is 2.38. The minimum atomic E-state index is -0.831. The van der Waals surface area contributed by atoms with Crippen molar-refractivity contribution in [2.24, 2.45) is 5.92 Å². The number of carboxylic acid groups (broad SMARTS) is 1. The SMILES string of the molecule is O=C(O)C1CCC2CCCCC2N1C(=O)CCNC1CC1. The largest absolute Gasteiger partial charge is 0.480 e. The zero-order chi connectivity index (χ0) is 14.8. The number of aliphatic carboxylic acids is 1. The lowest BCUT2D eigenvalue weighted by atomic mass is 9.76. The van der Waals surface area contributed by atoms with Crippen LogP contribution in [0, 0.1) is 5.92 Å². The maximum absolute atomic E-state index is 12.6. The van der Waals surface area contributed by atoms with Gasteiger partial charge in [0.1, 0.15) is 6.04 Å². The van der Waals surface area contributed by atoms with Crippen LogP contribution in [0.3, 0.4) is 0 Å². The molecule has 2 N–H and O–H groups in total. The molecule has 5 nitrogen and oxygen atoms in total. The molecule has 5 heteroatoms. The minimum absolute atomic E-state index is 0.0344. The number of carbonyl (C=O) groups excluding carboxylic acids is 1. The molecule has 1 saturated heterocycles. The first-order valence-electron chi connectivity index (χ1n) is 8.44. The number of hydrogen-bond donors (Lipinski definition) is 2. The Morgan fingerprint density at radius 2 is 1.81 bits per heavy atom. The van der Waals surface area contributed by atoms with E-state index in [0.29, 0.717) is 31.3 Å². The van der Waals surface area contributed by atoms with E-state index in [1.807, 2.05) is 0 Å². The summed E-state index contributed by atoms with van der Waals surface area (Å²) in [7, 11) is 0. The number of fused-ring (bicyclic) bond motifs is 1. The number of rotatable bonds is 5. The van der Waals surface area contributed by atoms with Gasteiger partial charge in [0.2, 0.25) is 5.91 Å². The van der Waals surface area contributed by atoms with Gasteiger partial charge in [-0.1, -0.05) is 12.8 Å². The van der Waals surface area contributed by atoms with E-state index in [1.165, 1.54) is 19.3 Å². The molecule has 0 aromatic heterocycles. The Bertz CT molecular complexity index is 408. The van der Waals surface area contributed by atoms with Crippen LogP contribution in [-0.4, -0.2) is 46.6 Å². The molecule has 21 heavy (non-hydrogen) atoms. The Labute approximate surface area is 126 Å². The average molecular weight is 294 g/mol. The number of hydrogen-bond acceptors (Lipinski definition) is 3. The molecule has 0 spiro atoms. The van der Waals surface area contributed by atoms with Crippen molar-refractivity contribution in [2.45, 2.75) is 75.9 Å². The van der Waals surface area contributed by atoms with Crippen LogP contribution in [0.5, 0.6) is 0 Å². The molecule has 2 saturated carbocycles. The highest BCUT2D eigenvalue weighted by molar-refractivity contribution is 5.84. The Morgan fingerprint density at radius 1 is 1.05 bits per heavy atom. The number of nitrogens with zero attached hydrogens (tertiary/aromatic N) is 1. The number of nitrogens with one attached hydrogen (secondary N) is 1. The third-order valence-corrected chi connectivity index (χ3v) is 5.30. The Hall–Kier alpha value is -1.10. The molecular formula is C16H26N2O3. The molecule has 3 aliphatic rings. The summed E-state index contributed by atoms with van der Waals surface area (Å²) < 4.78 is 0. The van der Waals surface area contributed by atoms with Gasteiger partial charge in [-0.25, -0.2) is 4.79 Å². The molecule has 0 aromatic rings. The predicted molar refractivity (Wildman–Crippen MR) is 78.9 cm³/mol. The van der Waals surface area contributed by atoms with E-state index >= 15 is 0 Å². The summed E-state index contributed by atoms with van der Waals surface area (Å²) in [6.45, 7) is 0.684. The van der Waals surface area contributed by atoms with Crippen molar-refractivity contribution in [1.29, 1.82) is 0 Å². The predicted octanol–water partition coefficient (Wildman–Crippen LogP) is 1.76. The number of carbonyl (C=O) groups is 2. The lowest BCUT2D eigenvalue weighted by Crippen LogP contribution is -2.57. The summed E-state index contributed by atoms with van der Waals surface area (Å²) in [6, 6.07) is 0.164. The zero-order valence-corrected chi connectivity index (χ0v) is 12.6. The van der Waals surface area contributed by atoms with Crippen molar-refractivity contribution in [1.82, 2.24) is 10.2 Å². The van der Waals surface area contributed by atoms with Crippen LogP contribution in [0.4, 0.5) is 0 Å². The summed E-state index contributed by atoms with van der Waals surface area (Å²) in [4.78, 5) is 25.9. The molecule has 3 unspecified atom stereocenters. The van der Waals surface area contributed by atoms with E-state index in [4.69, 9.17) is 0 Å². The summed E-state index contributed by atoms with van der Waals surface area (Å²) >= 11 is 0. The first kappa shape index (κ1) is 14.8. The second-order valence-corrected chi connectivity index (χ2v) is 6.82. The normalized spacial score (nSPS) is 32.6. The quantitative estimate of drug-likeness (QED) is 0.810. The summed E-state index contributed by atoms with van der Waals surface area (Å²) in [5.74, 6) is -0.274. The topological polar surface area (TPSA) is 69.6 Å². The lowest BCUT2D eigenvalue weighted by molar-refractivity contribution is -0.158. The van der Waals surface area contributed by atoms with Gasteiger partial charge in [0, 0.05) is 25.0 Å². The third-order valence-electron chi connectivity index (χ3n) is 5.30. The van der Waals surface area contributed by atoms with Crippen molar-refractivity contribution >= 4 is 11.9 Å². The zero-order valence-electron chi connectivity index (χ0n) is 12.6. The van der Waals surface area contributed by atoms with Crippen LogP contribution in [-0.2, 0) is 9.59 Å². The fourth-order valence-electron chi connectivity index (χ4n) is 4.03. The van der Waals surface area contributed by atoms with Gasteiger partial charge in [-0.2, -0.15) is 0 Å². The molecule has 0 bridgehead atoms. The van der Waals surface area contributed by atoms with Crippen molar-refractivity contribution < 1.29 is 14.7 Å². The maximum Gasteiger partial charge on any atom is 0.326 e. The van der Waals surface area contributed by atoms with Crippen LogP contribution in [0.1, 0.15) is 57.8 Å². The van der Waals surface area contributed by atoms with E-state index in [9.17, 15) is 14.7 Å². The van der Waals surface area contributed by atoms with Crippen LogP contribution < -0.4 is 5.32 Å². The van der Waals surface area contributed by atoms with Gasteiger partial charge in [0.25, 0.3) is 0 Å². The van der Waals surface area contributed by atoms with E-state index < -0.39 is 12.0 Å². The van der Waals surface area contributed by atoms with Gasteiger partial charge >= 0.3 is 5.97 Å². The summed E-state index contributed by atoms with van der Waals surface area (Å²) in [6.07, 6.45) is 8.92. The number of likely N-dealkylation sites (tertiary alicyclic amines) is 1. The molecule has 0 aromatic carbocycles. The van der Waals surface area contributed by atoms with E-state index in [-0.39, 0.29) is 11.9 Å². The average Bonchev–Trinajstić information content (AvgIpc) is 3.30. The fraction of sp³-hybridized carbons (Fsp3) is 0.875.